The zero-order valence-corrected chi connectivity index (χ0v) is 35.0. The Bertz CT molecular complexity index is 813. The molecule has 0 amide bonds. The molecule has 0 aliphatic carbocycles. The Morgan fingerprint density at radius 3 is 1.52 bits per heavy atom. The standard InChI is InChI=1S/C43H84N2O7/c1-7-13-17-18-19-20-24-30-41(46)49-36-34-45(33-32-44(11-5)12-6)35-37-50-43(48)52-40(28-23-16-10-4)29-25-31-42(47)51-38-39(26-21-14-8-2)27-22-15-9-3/h39-40H,7-38H2,1-6H3. The number of rotatable bonds is 38. The predicted octanol–water partition coefficient (Wildman–Crippen LogP) is 10.9. The molecule has 9 nitrogen and oxygen atoms in total. The van der Waals surface area contributed by atoms with E-state index in [4.69, 9.17) is 18.9 Å². The second kappa shape index (κ2) is 37.4. The van der Waals surface area contributed by atoms with Crippen LogP contribution >= 0.6 is 0 Å². The number of nitrogens with zero attached hydrogens (tertiary/aromatic N) is 2. The molecule has 0 aromatic rings. The fourth-order valence-electron chi connectivity index (χ4n) is 6.49. The van der Waals surface area contributed by atoms with Crippen LogP contribution in [0.3, 0.4) is 0 Å². The highest BCUT2D eigenvalue weighted by Gasteiger charge is 2.18. The monoisotopic (exact) mass is 741 g/mol. The van der Waals surface area contributed by atoms with Crippen molar-refractivity contribution in [2.75, 3.05) is 59.1 Å². The van der Waals surface area contributed by atoms with Crippen molar-refractivity contribution in [3.8, 4) is 0 Å². The van der Waals surface area contributed by atoms with E-state index in [0.29, 0.717) is 57.9 Å². The maximum Gasteiger partial charge on any atom is 0.508 e. The second-order valence-electron chi connectivity index (χ2n) is 14.7. The number of ether oxygens (including phenoxy) is 4. The third kappa shape index (κ3) is 31.6. The maximum absolute atomic E-state index is 12.8. The van der Waals surface area contributed by atoms with Crippen LogP contribution in [0.4, 0.5) is 4.79 Å². The SMILES string of the molecule is CCCCCCCCCC(=O)OCCN(CCOC(=O)OC(CCCCC)CCCC(=O)OCC(CCCCC)CCCCC)CCN(CC)CC. The number of carbonyl (C=O) groups is 3. The Morgan fingerprint density at radius 1 is 0.462 bits per heavy atom. The first-order valence-corrected chi connectivity index (χ1v) is 21.9. The number of esters is 2. The summed E-state index contributed by atoms with van der Waals surface area (Å²) in [7, 11) is 0. The second-order valence-corrected chi connectivity index (χ2v) is 14.7. The molecule has 0 spiro atoms. The molecule has 0 N–H and O–H groups in total. The van der Waals surface area contributed by atoms with E-state index in [0.717, 1.165) is 77.5 Å². The summed E-state index contributed by atoms with van der Waals surface area (Å²) < 4.78 is 22.6. The van der Waals surface area contributed by atoms with Crippen LogP contribution in [-0.2, 0) is 28.5 Å². The molecule has 0 radical (unpaired) electrons. The molecular formula is C43H84N2O7. The van der Waals surface area contributed by atoms with Gasteiger partial charge in [0.2, 0.25) is 0 Å². The first kappa shape index (κ1) is 50.1. The number of likely N-dealkylation sites (N-methyl/N-ethyl adjacent to an activating group) is 1. The molecule has 0 saturated heterocycles. The Labute approximate surface area is 321 Å². The molecule has 0 bridgehead atoms. The van der Waals surface area contributed by atoms with Crippen molar-refractivity contribution >= 4 is 18.1 Å². The highest BCUT2D eigenvalue weighted by molar-refractivity contribution is 5.69. The van der Waals surface area contributed by atoms with Gasteiger partial charge in [0, 0.05) is 39.0 Å². The average molecular weight is 741 g/mol. The van der Waals surface area contributed by atoms with E-state index in [1.54, 1.807) is 0 Å². The molecule has 1 atom stereocenters. The van der Waals surface area contributed by atoms with Crippen LogP contribution in [0.1, 0.15) is 189 Å². The summed E-state index contributed by atoms with van der Waals surface area (Å²) in [5.74, 6) is 0.164. The zero-order valence-electron chi connectivity index (χ0n) is 35.0. The number of carbonyl (C=O) groups excluding carboxylic acids is 3. The van der Waals surface area contributed by atoms with Gasteiger partial charge >= 0.3 is 18.1 Å². The van der Waals surface area contributed by atoms with Gasteiger partial charge in [-0.05, 0) is 64.0 Å². The van der Waals surface area contributed by atoms with E-state index in [1.165, 1.54) is 70.6 Å². The summed E-state index contributed by atoms with van der Waals surface area (Å²) in [5, 5.41) is 0. The van der Waals surface area contributed by atoms with Gasteiger partial charge in [-0.3, -0.25) is 14.5 Å². The van der Waals surface area contributed by atoms with Crippen LogP contribution in [0.25, 0.3) is 0 Å². The van der Waals surface area contributed by atoms with Crippen LogP contribution in [0.15, 0.2) is 0 Å². The van der Waals surface area contributed by atoms with Crippen molar-refractivity contribution in [3.05, 3.63) is 0 Å². The van der Waals surface area contributed by atoms with Gasteiger partial charge in [-0.1, -0.05) is 131 Å². The maximum atomic E-state index is 12.8. The van der Waals surface area contributed by atoms with Gasteiger partial charge in [0.25, 0.3) is 0 Å². The highest BCUT2D eigenvalue weighted by atomic mass is 16.7. The predicted molar refractivity (Wildman–Crippen MR) is 215 cm³/mol. The van der Waals surface area contributed by atoms with Gasteiger partial charge in [0.1, 0.15) is 19.3 Å². The molecule has 1 unspecified atom stereocenters. The number of unbranched alkanes of at least 4 members (excludes halogenated alkanes) is 12. The minimum atomic E-state index is -0.657. The van der Waals surface area contributed by atoms with Crippen molar-refractivity contribution in [1.29, 1.82) is 0 Å². The number of hydrogen-bond donors (Lipinski definition) is 0. The summed E-state index contributed by atoms with van der Waals surface area (Å²) in [4.78, 5) is 42.3. The Kier molecular flexibility index (Phi) is 36.1. The first-order chi connectivity index (χ1) is 25.3. The lowest BCUT2D eigenvalue weighted by molar-refractivity contribution is -0.145. The first-order valence-electron chi connectivity index (χ1n) is 21.9. The van der Waals surface area contributed by atoms with Crippen molar-refractivity contribution < 1.29 is 33.3 Å². The summed E-state index contributed by atoms with van der Waals surface area (Å²) in [5.41, 5.74) is 0. The van der Waals surface area contributed by atoms with Gasteiger partial charge in [0.05, 0.1) is 6.61 Å². The quantitative estimate of drug-likeness (QED) is 0.0348. The van der Waals surface area contributed by atoms with Gasteiger partial charge in [0.15, 0.2) is 0 Å². The Morgan fingerprint density at radius 2 is 0.923 bits per heavy atom. The largest absolute Gasteiger partial charge is 0.508 e. The van der Waals surface area contributed by atoms with Crippen molar-refractivity contribution in [1.82, 2.24) is 9.80 Å². The summed E-state index contributed by atoms with van der Waals surface area (Å²) in [6, 6.07) is 0. The van der Waals surface area contributed by atoms with E-state index >= 15 is 0 Å². The molecule has 0 aliphatic heterocycles. The van der Waals surface area contributed by atoms with E-state index in [-0.39, 0.29) is 24.6 Å². The molecule has 308 valence electrons. The molecule has 0 rings (SSSR count). The lowest BCUT2D eigenvalue weighted by Gasteiger charge is -2.26. The molecule has 0 aromatic heterocycles. The molecule has 0 fully saturated rings. The van der Waals surface area contributed by atoms with Crippen LogP contribution in [0.2, 0.25) is 0 Å². The Hall–Kier alpha value is -1.87. The Balaban J connectivity index is 4.77. The fourth-order valence-corrected chi connectivity index (χ4v) is 6.49. The van der Waals surface area contributed by atoms with Crippen molar-refractivity contribution in [2.45, 2.75) is 195 Å². The van der Waals surface area contributed by atoms with Crippen LogP contribution in [-0.4, -0.2) is 93.1 Å². The van der Waals surface area contributed by atoms with Gasteiger partial charge < -0.3 is 23.8 Å². The molecular weight excluding hydrogens is 656 g/mol. The zero-order chi connectivity index (χ0) is 38.5. The molecule has 0 heterocycles. The van der Waals surface area contributed by atoms with Gasteiger partial charge in [-0.2, -0.15) is 0 Å². The smallest absolute Gasteiger partial charge is 0.465 e. The summed E-state index contributed by atoms with van der Waals surface area (Å²) >= 11 is 0. The van der Waals surface area contributed by atoms with Gasteiger partial charge in [-0.15, -0.1) is 0 Å². The van der Waals surface area contributed by atoms with E-state index in [1.807, 2.05) is 0 Å². The van der Waals surface area contributed by atoms with E-state index < -0.39 is 6.16 Å². The van der Waals surface area contributed by atoms with E-state index in [2.05, 4.69) is 51.3 Å². The third-order valence-electron chi connectivity index (χ3n) is 10.1. The minimum absolute atomic E-state index is 0.131. The lowest BCUT2D eigenvalue weighted by Crippen LogP contribution is -2.39. The minimum Gasteiger partial charge on any atom is -0.465 e. The highest BCUT2D eigenvalue weighted by Crippen LogP contribution is 2.19. The molecule has 0 saturated carbocycles. The molecule has 0 aromatic carbocycles. The number of hydrogen-bond acceptors (Lipinski definition) is 9. The molecule has 0 aliphatic rings. The van der Waals surface area contributed by atoms with Crippen LogP contribution in [0.5, 0.6) is 0 Å². The fraction of sp³-hybridized carbons (Fsp3) is 0.930. The average Bonchev–Trinajstić information content (AvgIpc) is 3.13. The lowest BCUT2D eigenvalue weighted by atomic mass is 9.96. The van der Waals surface area contributed by atoms with Crippen molar-refractivity contribution in [2.24, 2.45) is 5.92 Å². The van der Waals surface area contributed by atoms with Crippen LogP contribution < -0.4 is 0 Å². The topological polar surface area (TPSA) is 94.6 Å². The van der Waals surface area contributed by atoms with E-state index in [9.17, 15) is 14.4 Å². The van der Waals surface area contributed by atoms with Crippen LogP contribution in [0, 0.1) is 5.92 Å². The summed E-state index contributed by atoms with van der Waals surface area (Å²) in [6.45, 7) is 18.9. The van der Waals surface area contributed by atoms with Gasteiger partial charge in [-0.25, -0.2) is 4.79 Å². The molecule has 9 heteroatoms. The van der Waals surface area contributed by atoms with Crippen molar-refractivity contribution in [3.63, 3.8) is 0 Å². The summed E-state index contributed by atoms with van der Waals surface area (Å²) in [6.07, 6.45) is 22.7. The normalized spacial score (nSPS) is 12.1. The third-order valence-corrected chi connectivity index (χ3v) is 10.1. The molecule has 52 heavy (non-hydrogen) atoms.